The first-order valence-electron chi connectivity index (χ1n) is 10.2. The molecule has 0 fully saturated rings. The van der Waals surface area contributed by atoms with Gasteiger partial charge in [-0.25, -0.2) is 0 Å². The molecule has 7 heteroatoms. The summed E-state index contributed by atoms with van der Waals surface area (Å²) in [5.41, 5.74) is 8.70. The first-order chi connectivity index (χ1) is 15.0. The molecule has 1 aromatic carbocycles. The summed E-state index contributed by atoms with van der Waals surface area (Å²) in [5.74, 6) is -0.569. The molecule has 7 nitrogen and oxygen atoms in total. The summed E-state index contributed by atoms with van der Waals surface area (Å²) in [6.45, 7) is 0.397. The Hall–Kier alpha value is -3.58. The molecule has 3 aromatic rings. The van der Waals surface area contributed by atoms with E-state index in [1.165, 1.54) is 0 Å². The van der Waals surface area contributed by atoms with Gasteiger partial charge in [-0.15, -0.1) is 0 Å². The van der Waals surface area contributed by atoms with Crippen LogP contribution in [0.3, 0.4) is 0 Å². The molecule has 2 aromatic heterocycles. The highest BCUT2D eigenvalue weighted by Crippen LogP contribution is 2.09. The standard InChI is InChI=1S/C24H27N5O2/c1-29(17-19-10-7-12-26-16-19)24(31)22(14-18-8-3-2-4-9-18)28-23(30)21(25)15-20-11-5-6-13-27-20/h2-13,16,21-22H,14-15,17,25H2,1H3,(H,28,30)/t21-,22-/m0/s1. The number of hydrogen-bond acceptors (Lipinski definition) is 5. The van der Waals surface area contributed by atoms with Crippen molar-refractivity contribution in [2.75, 3.05) is 7.05 Å². The van der Waals surface area contributed by atoms with E-state index in [0.29, 0.717) is 19.4 Å². The molecular weight excluding hydrogens is 390 g/mol. The number of nitrogens with one attached hydrogen (secondary N) is 1. The zero-order chi connectivity index (χ0) is 22.1. The van der Waals surface area contributed by atoms with E-state index in [2.05, 4.69) is 15.3 Å². The van der Waals surface area contributed by atoms with Crippen LogP contribution in [0, 0.1) is 0 Å². The quantitative estimate of drug-likeness (QED) is 0.552. The number of pyridine rings is 2. The summed E-state index contributed by atoms with van der Waals surface area (Å²) in [6.07, 6.45) is 5.74. The van der Waals surface area contributed by atoms with Gasteiger partial charge in [0.15, 0.2) is 0 Å². The van der Waals surface area contributed by atoms with Crippen LogP contribution in [0.25, 0.3) is 0 Å². The van der Waals surface area contributed by atoms with Crippen LogP contribution in [0.15, 0.2) is 79.3 Å². The highest BCUT2D eigenvalue weighted by atomic mass is 16.2. The number of amides is 2. The van der Waals surface area contributed by atoms with Crippen molar-refractivity contribution >= 4 is 11.8 Å². The molecule has 0 spiro atoms. The summed E-state index contributed by atoms with van der Waals surface area (Å²) >= 11 is 0. The van der Waals surface area contributed by atoms with Crippen molar-refractivity contribution in [2.24, 2.45) is 5.73 Å². The number of likely N-dealkylation sites (N-methyl/N-ethyl adjacent to an activating group) is 1. The highest BCUT2D eigenvalue weighted by molar-refractivity contribution is 5.90. The number of carbonyl (C=O) groups excluding carboxylic acids is 2. The van der Waals surface area contributed by atoms with Gasteiger partial charge in [-0.1, -0.05) is 42.5 Å². The first kappa shape index (κ1) is 22.1. The molecule has 0 aliphatic rings. The molecule has 0 radical (unpaired) electrons. The second-order valence-electron chi connectivity index (χ2n) is 7.44. The molecule has 2 amide bonds. The number of carbonyl (C=O) groups is 2. The van der Waals surface area contributed by atoms with Crippen LogP contribution < -0.4 is 11.1 Å². The fraction of sp³-hybridized carbons (Fsp3) is 0.250. The van der Waals surface area contributed by atoms with E-state index in [0.717, 1.165) is 16.8 Å². The number of benzene rings is 1. The van der Waals surface area contributed by atoms with Crippen LogP contribution in [0.1, 0.15) is 16.8 Å². The molecule has 0 unspecified atom stereocenters. The van der Waals surface area contributed by atoms with Gasteiger partial charge in [0.05, 0.1) is 6.04 Å². The summed E-state index contributed by atoms with van der Waals surface area (Å²) in [6, 6.07) is 17.3. The Balaban J connectivity index is 1.70. The molecule has 31 heavy (non-hydrogen) atoms. The third kappa shape index (κ3) is 6.72. The van der Waals surface area contributed by atoms with E-state index in [9.17, 15) is 9.59 Å². The molecule has 0 saturated carbocycles. The third-order valence-electron chi connectivity index (χ3n) is 4.91. The molecule has 3 N–H and O–H groups in total. The van der Waals surface area contributed by atoms with Gasteiger partial charge < -0.3 is 16.0 Å². The second kappa shape index (κ2) is 11.0. The lowest BCUT2D eigenvalue weighted by Crippen LogP contribution is -2.53. The summed E-state index contributed by atoms with van der Waals surface area (Å²) in [7, 11) is 1.72. The molecule has 3 rings (SSSR count). The lowest BCUT2D eigenvalue weighted by Gasteiger charge is -2.26. The van der Waals surface area contributed by atoms with Crippen LogP contribution in [0.5, 0.6) is 0 Å². The molecule has 2 atom stereocenters. The van der Waals surface area contributed by atoms with Gasteiger partial charge in [0.25, 0.3) is 0 Å². The van der Waals surface area contributed by atoms with Gasteiger partial charge in [-0.3, -0.25) is 19.6 Å². The second-order valence-corrected chi connectivity index (χ2v) is 7.44. The molecule has 0 saturated heterocycles. The van der Waals surface area contributed by atoms with Gasteiger partial charge in [-0.2, -0.15) is 0 Å². The Morgan fingerprint density at radius 1 is 0.968 bits per heavy atom. The van der Waals surface area contributed by atoms with Crippen LogP contribution in [-0.4, -0.2) is 45.8 Å². The van der Waals surface area contributed by atoms with Gasteiger partial charge in [0.2, 0.25) is 11.8 Å². The summed E-state index contributed by atoms with van der Waals surface area (Å²) in [5, 5.41) is 2.85. The molecule has 0 aliphatic carbocycles. The number of nitrogens with two attached hydrogens (primary N) is 1. The van der Waals surface area contributed by atoms with Crippen molar-refractivity contribution < 1.29 is 9.59 Å². The predicted octanol–water partition coefficient (Wildman–Crippen LogP) is 1.73. The lowest BCUT2D eigenvalue weighted by molar-refractivity contribution is -0.136. The number of aromatic nitrogens is 2. The van der Waals surface area contributed by atoms with E-state index in [4.69, 9.17) is 5.73 Å². The summed E-state index contributed by atoms with van der Waals surface area (Å²) < 4.78 is 0. The maximum Gasteiger partial charge on any atom is 0.245 e. The van der Waals surface area contributed by atoms with Crippen LogP contribution in [0.4, 0.5) is 0 Å². The van der Waals surface area contributed by atoms with Crippen molar-refractivity contribution in [1.82, 2.24) is 20.2 Å². The van der Waals surface area contributed by atoms with Crippen LogP contribution in [0.2, 0.25) is 0 Å². The normalized spacial score (nSPS) is 12.6. The minimum Gasteiger partial charge on any atom is -0.343 e. The Bertz CT molecular complexity index is 967. The molecule has 0 aliphatic heterocycles. The minimum atomic E-state index is -0.801. The third-order valence-corrected chi connectivity index (χ3v) is 4.91. The zero-order valence-corrected chi connectivity index (χ0v) is 17.5. The Labute approximate surface area is 182 Å². The van der Waals surface area contributed by atoms with Crippen LogP contribution >= 0.6 is 0 Å². The zero-order valence-electron chi connectivity index (χ0n) is 17.5. The largest absolute Gasteiger partial charge is 0.343 e. The number of nitrogens with zero attached hydrogens (tertiary/aromatic N) is 3. The van der Waals surface area contributed by atoms with Crippen molar-refractivity contribution in [1.29, 1.82) is 0 Å². The fourth-order valence-electron chi connectivity index (χ4n) is 3.27. The molecule has 2 heterocycles. The average molecular weight is 418 g/mol. The average Bonchev–Trinajstić information content (AvgIpc) is 2.80. The van der Waals surface area contributed by atoms with Gasteiger partial charge in [-0.05, 0) is 29.3 Å². The number of rotatable bonds is 9. The van der Waals surface area contributed by atoms with Crippen molar-refractivity contribution in [3.63, 3.8) is 0 Å². The number of hydrogen-bond donors (Lipinski definition) is 2. The van der Waals surface area contributed by atoms with Crippen molar-refractivity contribution in [3.8, 4) is 0 Å². The Morgan fingerprint density at radius 3 is 2.39 bits per heavy atom. The molecule has 160 valence electrons. The Morgan fingerprint density at radius 2 is 1.71 bits per heavy atom. The SMILES string of the molecule is CN(Cc1cccnc1)C(=O)[C@H](Cc1ccccc1)NC(=O)[C@@H](N)Cc1ccccn1. The van der Waals surface area contributed by atoms with E-state index in [-0.39, 0.29) is 11.8 Å². The van der Waals surface area contributed by atoms with Crippen molar-refractivity contribution in [2.45, 2.75) is 31.5 Å². The molecule has 0 bridgehead atoms. The fourth-order valence-corrected chi connectivity index (χ4v) is 3.27. The van der Waals surface area contributed by atoms with E-state index >= 15 is 0 Å². The smallest absolute Gasteiger partial charge is 0.245 e. The monoisotopic (exact) mass is 417 g/mol. The maximum absolute atomic E-state index is 13.2. The molecular formula is C24H27N5O2. The van der Waals surface area contributed by atoms with Gasteiger partial charge >= 0.3 is 0 Å². The van der Waals surface area contributed by atoms with Gasteiger partial charge in [0, 0.05) is 50.7 Å². The van der Waals surface area contributed by atoms with Crippen LogP contribution in [-0.2, 0) is 29.0 Å². The van der Waals surface area contributed by atoms with E-state index in [1.807, 2.05) is 60.7 Å². The lowest BCUT2D eigenvalue weighted by atomic mass is 10.0. The van der Waals surface area contributed by atoms with Gasteiger partial charge in [0.1, 0.15) is 6.04 Å². The Kier molecular flexibility index (Phi) is 7.84. The van der Waals surface area contributed by atoms with E-state index < -0.39 is 12.1 Å². The topological polar surface area (TPSA) is 101 Å². The van der Waals surface area contributed by atoms with Crippen molar-refractivity contribution in [3.05, 3.63) is 96.1 Å². The first-order valence-corrected chi connectivity index (χ1v) is 10.2. The highest BCUT2D eigenvalue weighted by Gasteiger charge is 2.27. The van der Waals surface area contributed by atoms with E-state index in [1.54, 1.807) is 30.5 Å². The minimum absolute atomic E-state index is 0.189. The summed E-state index contributed by atoms with van der Waals surface area (Å²) in [4.78, 5) is 35.9. The maximum atomic E-state index is 13.2. The predicted molar refractivity (Wildman–Crippen MR) is 119 cm³/mol.